The van der Waals surface area contributed by atoms with Crippen LogP contribution in [-0.2, 0) is 0 Å². The summed E-state index contributed by atoms with van der Waals surface area (Å²) in [5.41, 5.74) is 7.89. The fourth-order valence-electron chi connectivity index (χ4n) is 11.7. The first-order chi connectivity index (χ1) is 15.0. The van der Waals surface area contributed by atoms with Crippen LogP contribution in [0.25, 0.3) is 0 Å². The van der Waals surface area contributed by atoms with Gasteiger partial charge >= 0.3 is 0 Å². The summed E-state index contributed by atoms with van der Waals surface area (Å²) >= 11 is 0. The molecule has 32 heavy (non-hydrogen) atoms. The molecule has 0 saturated heterocycles. The molecule has 0 aromatic carbocycles. The fourth-order valence-corrected chi connectivity index (χ4v) is 11.7. The van der Waals surface area contributed by atoms with Crippen molar-refractivity contribution < 1.29 is 0 Å². The quantitative estimate of drug-likeness (QED) is 0.427. The highest BCUT2D eigenvalue weighted by Gasteiger charge is 2.74. The molecule has 15 atom stereocenters. The molecule has 0 amide bonds. The van der Waals surface area contributed by atoms with Gasteiger partial charge in [-0.15, -0.1) is 0 Å². The molecular weight excluding hydrogens is 386 g/mol. The van der Waals surface area contributed by atoms with Crippen LogP contribution >= 0.6 is 0 Å². The summed E-state index contributed by atoms with van der Waals surface area (Å²) in [5.74, 6) is 12.4. The summed E-state index contributed by atoms with van der Waals surface area (Å²) in [7, 11) is 0. The molecule has 5 aliphatic carbocycles. The highest BCUT2D eigenvalue weighted by Crippen LogP contribution is 2.79. The van der Waals surface area contributed by atoms with Crippen molar-refractivity contribution in [2.24, 2.45) is 93.5 Å². The standard InChI is InChI=1S/C31H55N/c1-10-12-30(8)18(6)23(15-31(9)19(7)24(16(3)4)29(31)32)27-26(28(27)30)21-13-17(5)25-20(11-2)14-22(21)25/h16-29H,10-15,32H2,1-9H3. The topological polar surface area (TPSA) is 26.0 Å². The second-order valence-corrected chi connectivity index (χ2v) is 14.8. The molecular formula is C31H55N. The van der Waals surface area contributed by atoms with E-state index >= 15 is 0 Å². The van der Waals surface area contributed by atoms with E-state index in [0.717, 1.165) is 76.9 Å². The zero-order valence-electron chi connectivity index (χ0n) is 22.9. The minimum atomic E-state index is 0.359. The molecule has 5 aliphatic rings. The van der Waals surface area contributed by atoms with Gasteiger partial charge in [0.05, 0.1) is 0 Å². The zero-order valence-corrected chi connectivity index (χ0v) is 22.9. The van der Waals surface area contributed by atoms with Crippen LogP contribution in [0, 0.1) is 87.8 Å². The van der Waals surface area contributed by atoms with Gasteiger partial charge in [-0.2, -0.15) is 0 Å². The summed E-state index contributed by atoms with van der Waals surface area (Å²) in [6, 6.07) is 0.409. The van der Waals surface area contributed by atoms with Gasteiger partial charge in [-0.05, 0) is 113 Å². The summed E-state index contributed by atoms with van der Waals surface area (Å²) in [6.45, 7) is 22.7. The smallest absolute Gasteiger partial charge is 0.0129 e. The maximum atomic E-state index is 6.96. The third kappa shape index (κ3) is 2.91. The highest BCUT2D eigenvalue weighted by molar-refractivity contribution is 5.22. The number of rotatable bonds is 7. The molecule has 5 fully saturated rings. The number of hydrogen-bond acceptors (Lipinski definition) is 1. The van der Waals surface area contributed by atoms with Gasteiger partial charge in [0, 0.05) is 6.04 Å². The van der Waals surface area contributed by atoms with E-state index in [-0.39, 0.29) is 0 Å². The number of nitrogens with two attached hydrogens (primary N) is 1. The van der Waals surface area contributed by atoms with Gasteiger partial charge < -0.3 is 5.73 Å². The van der Waals surface area contributed by atoms with Crippen LogP contribution in [-0.4, -0.2) is 6.04 Å². The van der Waals surface area contributed by atoms with Gasteiger partial charge in [0.1, 0.15) is 0 Å². The summed E-state index contributed by atoms with van der Waals surface area (Å²) in [4.78, 5) is 0. The predicted molar refractivity (Wildman–Crippen MR) is 137 cm³/mol. The molecule has 0 heterocycles. The maximum absolute atomic E-state index is 6.96. The van der Waals surface area contributed by atoms with Crippen molar-refractivity contribution in [3.8, 4) is 0 Å². The lowest BCUT2D eigenvalue weighted by Crippen LogP contribution is -2.65. The maximum Gasteiger partial charge on any atom is 0.0129 e. The molecule has 5 rings (SSSR count). The molecule has 0 aromatic heterocycles. The highest BCUT2D eigenvalue weighted by atomic mass is 14.8. The second-order valence-electron chi connectivity index (χ2n) is 14.8. The van der Waals surface area contributed by atoms with Gasteiger partial charge in [-0.3, -0.25) is 0 Å². The summed E-state index contributed by atoms with van der Waals surface area (Å²) < 4.78 is 0. The van der Waals surface area contributed by atoms with Gasteiger partial charge in [-0.1, -0.05) is 75.2 Å². The van der Waals surface area contributed by atoms with Crippen LogP contribution in [0.1, 0.15) is 101 Å². The molecule has 0 bridgehead atoms. The number of hydrogen-bond donors (Lipinski definition) is 1. The third-order valence-electron chi connectivity index (χ3n) is 13.6. The predicted octanol–water partition coefficient (Wildman–Crippen LogP) is 7.88. The molecule has 15 unspecified atom stereocenters. The molecule has 0 aliphatic heterocycles. The van der Waals surface area contributed by atoms with Gasteiger partial charge in [-0.25, -0.2) is 0 Å². The van der Waals surface area contributed by atoms with E-state index in [1.54, 1.807) is 12.8 Å². The van der Waals surface area contributed by atoms with E-state index in [9.17, 15) is 0 Å². The van der Waals surface area contributed by atoms with E-state index < -0.39 is 0 Å². The van der Waals surface area contributed by atoms with E-state index in [1.165, 1.54) is 25.7 Å². The van der Waals surface area contributed by atoms with Crippen molar-refractivity contribution in [2.75, 3.05) is 0 Å². The Morgan fingerprint density at radius 2 is 1.53 bits per heavy atom. The van der Waals surface area contributed by atoms with E-state index in [1.807, 2.05) is 0 Å². The first-order valence-electron chi connectivity index (χ1n) is 14.8. The lowest BCUT2D eigenvalue weighted by atomic mass is 9.46. The largest absolute Gasteiger partial charge is 0.327 e. The van der Waals surface area contributed by atoms with E-state index in [4.69, 9.17) is 5.73 Å². The normalized spacial score (nSPS) is 60.7. The van der Waals surface area contributed by atoms with Crippen molar-refractivity contribution in [3.63, 3.8) is 0 Å². The first kappa shape index (κ1) is 23.7. The first-order valence-corrected chi connectivity index (χ1v) is 14.8. The number of fused-ring (bicyclic) bond motifs is 2. The molecule has 0 radical (unpaired) electrons. The zero-order chi connectivity index (χ0) is 23.3. The SMILES string of the molecule is CCCC1(C)C(C)C(CC2(C)C(C)C(C(C)C)C2N)C2C(C3CC(C)C4C(CC)CC34)C21. The monoisotopic (exact) mass is 441 g/mol. The molecule has 1 heteroatoms. The Hall–Kier alpha value is -0.0400. The Morgan fingerprint density at radius 1 is 0.875 bits per heavy atom. The Morgan fingerprint density at radius 3 is 2.09 bits per heavy atom. The minimum absolute atomic E-state index is 0.359. The Labute approximate surface area is 200 Å². The second kappa shape index (κ2) is 7.73. The Balaban J connectivity index is 1.38. The third-order valence-corrected chi connectivity index (χ3v) is 13.6. The van der Waals surface area contributed by atoms with Crippen molar-refractivity contribution in [2.45, 2.75) is 107 Å². The molecule has 0 spiro atoms. The summed E-state index contributed by atoms with van der Waals surface area (Å²) in [6.07, 6.45) is 8.75. The Bertz CT molecular complexity index is 701. The lowest BCUT2D eigenvalue weighted by Gasteiger charge is -2.61. The van der Waals surface area contributed by atoms with Crippen LogP contribution in [0.5, 0.6) is 0 Å². The van der Waals surface area contributed by atoms with Crippen molar-refractivity contribution in [3.05, 3.63) is 0 Å². The van der Waals surface area contributed by atoms with Crippen LogP contribution < -0.4 is 5.73 Å². The van der Waals surface area contributed by atoms with Crippen LogP contribution in [0.4, 0.5) is 0 Å². The molecule has 5 saturated carbocycles. The average molecular weight is 442 g/mol. The Kier molecular flexibility index (Phi) is 5.72. The van der Waals surface area contributed by atoms with Gasteiger partial charge in [0.25, 0.3) is 0 Å². The minimum Gasteiger partial charge on any atom is -0.327 e. The van der Waals surface area contributed by atoms with E-state index in [0.29, 0.717) is 16.9 Å². The van der Waals surface area contributed by atoms with Crippen LogP contribution in [0.3, 0.4) is 0 Å². The van der Waals surface area contributed by atoms with Crippen molar-refractivity contribution in [1.82, 2.24) is 0 Å². The van der Waals surface area contributed by atoms with E-state index in [2.05, 4.69) is 62.3 Å². The van der Waals surface area contributed by atoms with Crippen molar-refractivity contribution >= 4 is 0 Å². The lowest BCUT2D eigenvalue weighted by molar-refractivity contribution is -0.0941. The molecule has 1 nitrogen and oxygen atoms in total. The molecule has 0 aromatic rings. The fraction of sp³-hybridized carbons (Fsp3) is 1.00. The molecule has 184 valence electrons. The van der Waals surface area contributed by atoms with Gasteiger partial charge in [0.2, 0.25) is 0 Å². The molecule has 2 N–H and O–H groups in total. The van der Waals surface area contributed by atoms with Crippen LogP contribution in [0.15, 0.2) is 0 Å². The summed E-state index contributed by atoms with van der Waals surface area (Å²) in [5, 5.41) is 0. The van der Waals surface area contributed by atoms with Crippen molar-refractivity contribution in [1.29, 1.82) is 0 Å². The van der Waals surface area contributed by atoms with Crippen LogP contribution in [0.2, 0.25) is 0 Å². The average Bonchev–Trinajstić information content (AvgIpc) is 3.34. The van der Waals surface area contributed by atoms with Gasteiger partial charge in [0.15, 0.2) is 0 Å².